The van der Waals surface area contributed by atoms with Gasteiger partial charge in [-0.25, -0.2) is 9.50 Å². The molecule has 8 nitrogen and oxygen atoms in total. The summed E-state index contributed by atoms with van der Waals surface area (Å²) in [5.41, 5.74) is 2.90. The van der Waals surface area contributed by atoms with Crippen LogP contribution < -0.4 is 0 Å². The molecule has 8 heteroatoms. The molecule has 4 rings (SSSR count). The highest BCUT2D eigenvalue weighted by molar-refractivity contribution is 5.99. The van der Waals surface area contributed by atoms with Gasteiger partial charge in [-0.2, -0.15) is 5.10 Å². The zero-order valence-electron chi connectivity index (χ0n) is 15.1. The number of aryl methyl sites for hydroxylation is 2. The molecule has 0 radical (unpaired) electrons. The summed E-state index contributed by atoms with van der Waals surface area (Å²) in [6.07, 6.45) is 3.02. The van der Waals surface area contributed by atoms with E-state index in [2.05, 4.69) is 10.1 Å². The molecule has 0 unspecified atom stereocenters. The van der Waals surface area contributed by atoms with E-state index < -0.39 is 0 Å². The van der Waals surface area contributed by atoms with Crippen molar-refractivity contribution in [2.75, 3.05) is 32.8 Å². The number of amides is 2. The van der Waals surface area contributed by atoms with Crippen molar-refractivity contribution in [3.05, 3.63) is 29.2 Å². The fourth-order valence-electron chi connectivity index (χ4n) is 3.70. The largest absolute Gasteiger partial charge is 0.368 e. The Hall–Kier alpha value is -2.48. The third-order valence-corrected chi connectivity index (χ3v) is 5.09. The Balaban J connectivity index is 1.46. The predicted octanol–water partition coefficient (Wildman–Crippen LogP) is 0.810. The van der Waals surface area contributed by atoms with E-state index in [0.717, 1.165) is 24.2 Å². The molecule has 0 bridgehead atoms. The molecule has 0 aromatic carbocycles. The number of rotatable bonds is 2. The number of hydrogen-bond acceptors (Lipinski definition) is 5. The maximum absolute atomic E-state index is 12.9. The minimum absolute atomic E-state index is 0.0542. The van der Waals surface area contributed by atoms with Crippen LogP contribution in [0.3, 0.4) is 0 Å². The molecule has 0 N–H and O–H groups in total. The Bertz CT molecular complexity index is 848. The molecule has 2 fully saturated rings. The summed E-state index contributed by atoms with van der Waals surface area (Å²) in [4.78, 5) is 33.4. The monoisotopic (exact) mass is 357 g/mol. The number of aromatic nitrogens is 3. The Labute approximate surface area is 151 Å². The lowest BCUT2D eigenvalue weighted by atomic mass is 10.2. The highest BCUT2D eigenvalue weighted by Crippen LogP contribution is 2.18. The lowest BCUT2D eigenvalue weighted by molar-refractivity contribution is -0.142. The number of hydrogen-bond donors (Lipinski definition) is 0. The van der Waals surface area contributed by atoms with Crippen molar-refractivity contribution in [3.8, 4) is 0 Å². The van der Waals surface area contributed by atoms with Gasteiger partial charge in [-0.15, -0.1) is 0 Å². The van der Waals surface area contributed by atoms with Gasteiger partial charge in [0.2, 0.25) is 0 Å². The van der Waals surface area contributed by atoms with Gasteiger partial charge < -0.3 is 14.5 Å². The van der Waals surface area contributed by atoms with Crippen LogP contribution in [0.1, 0.15) is 34.6 Å². The first kappa shape index (κ1) is 17.0. The van der Waals surface area contributed by atoms with Crippen molar-refractivity contribution in [2.45, 2.75) is 32.8 Å². The molecule has 26 heavy (non-hydrogen) atoms. The Kier molecular flexibility index (Phi) is 4.36. The number of nitrogens with zero attached hydrogens (tertiary/aromatic N) is 5. The van der Waals surface area contributed by atoms with Crippen LogP contribution in [0.15, 0.2) is 12.3 Å². The maximum atomic E-state index is 12.9. The van der Waals surface area contributed by atoms with Crippen LogP contribution in [0.4, 0.5) is 0 Å². The second-order valence-corrected chi connectivity index (χ2v) is 6.95. The summed E-state index contributed by atoms with van der Waals surface area (Å²) in [7, 11) is 0. The van der Waals surface area contributed by atoms with E-state index in [-0.39, 0.29) is 17.9 Å². The van der Waals surface area contributed by atoms with Gasteiger partial charge in [0.15, 0.2) is 5.65 Å². The van der Waals surface area contributed by atoms with Gasteiger partial charge in [0.05, 0.1) is 6.20 Å². The van der Waals surface area contributed by atoms with Crippen LogP contribution in [-0.4, -0.2) is 75.1 Å². The van der Waals surface area contributed by atoms with Crippen LogP contribution in [0.5, 0.6) is 0 Å². The van der Waals surface area contributed by atoms with Gasteiger partial charge >= 0.3 is 0 Å². The third kappa shape index (κ3) is 2.94. The lowest BCUT2D eigenvalue weighted by Gasteiger charge is -2.35. The fourth-order valence-corrected chi connectivity index (χ4v) is 3.70. The number of ether oxygens (including phenoxy) is 1. The molecule has 1 atom stereocenters. The van der Waals surface area contributed by atoms with Crippen LogP contribution in [0.25, 0.3) is 5.65 Å². The highest BCUT2D eigenvalue weighted by atomic mass is 16.5. The Morgan fingerprint density at radius 2 is 1.88 bits per heavy atom. The maximum Gasteiger partial charge on any atom is 0.259 e. The van der Waals surface area contributed by atoms with Crippen molar-refractivity contribution < 1.29 is 14.3 Å². The van der Waals surface area contributed by atoms with Gasteiger partial charge in [-0.05, 0) is 32.8 Å². The number of piperazine rings is 1. The molecule has 2 amide bonds. The molecule has 2 aliphatic rings. The second-order valence-electron chi connectivity index (χ2n) is 6.95. The van der Waals surface area contributed by atoms with Crippen LogP contribution in [0, 0.1) is 13.8 Å². The first-order valence-corrected chi connectivity index (χ1v) is 9.06. The molecule has 2 aromatic heterocycles. The van der Waals surface area contributed by atoms with Crippen molar-refractivity contribution in [1.82, 2.24) is 24.4 Å². The van der Waals surface area contributed by atoms with Gasteiger partial charge in [0.1, 0.15) is 11.7 Å². The highest BCUT2D eigenvalue weighted by Gasteiger charge is 2.32. The van der Waals surface area contributed by atoms with E-state index in [1.807, 2.05) is 24.8 Å². The minimum Gasteiger partial charge on any atom is -0.368 e. The standard InChI is InChI=1S/C18H23N5O3/c1-12-10-13(2)23-16(20-12)14(11-19-23)17(24)21-5-7-22(8-6-21)18(25)15-4-3-9-26-15/h10-11,15H,3-9H2,1-2H3/t15-/m1/s1. The summed E-state index contributed by atoms with van der Waals surface area (Å²) in [5.74, 6) is -0.0276. The smallest absolute Gasteiger partial charge is 0.259 e. The zero-order chi connectivity index (χ0) is 18.3. The molecular formula is C18H23N5O3. The molecular weight excluding hydrogens is 334 g/mol. The number of carbonyl (C=O) groups excluding carboxylic acids is 2. The van der Waals surface area contributed by atoms with Crippen molar-refractivity contribution in [3.63, 3.8) is 0 Å². The molecule has 138 valence electrons. The summed E-state index contributed by atoms with van der Waals surface area (Å²) in [6.45, 7) is 6.61. The molecule has 0 spiro atoms. The lowest BCUT2D eigenvalue weighted by Crippen LogP contribution is -2.52. The van der Waals surface area contributed by atoms with Gasteiger partial charge in [-0.3, -0.25) is 9.59 Å². The van der Waals surface area contributed by atoms with E-state index in [1.165, 1.54) is 0 Å². The van der Waals surface area contributed by atoms with E-state index in [4.69, 9.17) is 4.74 Å². The second kappa shape index (κ2) is 6.68. The average Bonchev–Trinajstić information content (AvgIpc) is 3.30. The Morgan fingerprint density at radius 1 is 1.15 bits per heavy atom. The van der Waals surface area contributed by atoms with Crippen LogP contribution in [-0.2, 0) is 9.53 Å². The first-order chi connectivity index (χ1) is 12.5. The SMILES string of the molecule is Cc1cc(C)n2ncc(C(=O)N3CCN(C(=O)[C@H]4CCCO4)CC3)c2n1. The van der Waals surface area contributed by atoms with E-state index >= 15 is 0 Å². The quantitative estimate of drug-likeness (QED) is 0.795. The topological polar surface area (TPSA) is 80.0 Å². The molecule has 2 aliphatic heterocycles. The summed E-state index contributed by atoms with van der Waals surface area (Å²) < 4.78 is 7.17. The third-order valence-electron chi connectivity index (χ3n) is 5.09. The van der Waals surface area contributed by atoms with Gasteiger partial charge in [0.25, 0.3) is 11.8 Å². The van der Waals surface area contributed by atoms with E-state index in [1.54, 1.807) is 15.6 Å². The van der Waals surface area contributed by atoms with Crippen molar-refractivity contribution in [1.29, 1.82) is 0 Å². The number of fused-ring (bicyclic) bond motifs is 1. The van der Waals surface area contributed by atoms with Crippen molar-refractivity contribution in [2.24, 2.45) is 0 Å². The molecule has 2 aromatic rings. The normalized spacial score (nSPS) is 20.8. The van der Waals surface area contributed by atoms with Gasteiger partial charge in [0, 0.05) is 44.2 Å². The number of carbonyl (C=O) groups is 2. The van der Waals surface area contributed by atoms with E-state index in [9.17, 15) is 9.59 Å². The van der Waals surface area contributed by atoms with Gasteiger partial charge in [-0.1, -0.05) is 0 Å². The molecule has 0 saturated carbocycles. The van der Waals surface area contributed by atoms with E-state index in [0.29, 0.717) is 44.0 Å². The van der Waals surface area contributed by atoms with Crippen molar-refractivity contribution >= 4 is 17.5 Å². The molecule has 0 aliphatic carbocycles. The summed E-state index contributed by atoms with van der Waals surface area (Å²) in [5, 5.41) is 4.30. The summed E-state index contributed by atoms with van der Waals surface area (Å²) >= 11 is 0. The Morgan fingerprint density at radius 3 is 2.58 bits per heavy atom. The minimum atomic E-state index is -0.299. The van der Waals surface area contributed by atoms with Crippen LogP contribution >= 0.6 is 0 Å². The van der Waals surface area contributed by atoms with Crippen LogP contribution in [0.2, 0.25) is 0 Å². The fraction of sp³-hybridized carbons (Fsp3) is 0.556. The average molecular weight is 357 g/mol. The molecule has 2 saturated heterocycles. The zero-order valence-corrected chi connectivity index (χ0v) is 15.1. The molecule has 4 heterocycles. The first-order valence-electron chi connectivity index (χ1n) is 9.06. The predicted molar refractivity (Wildman–Crippen MR) is 93.9 cm³/mol. The summed E-state index contributed by atoms with van der Waals surface area (Å²) in [6, 6.07) is 1.93.